The number of benzene rings is 3. The molecule has 4 nitrogen and oxygen atoms in total. The quantitative estimate of drug-likeness (QED) is 0.164. The Labute approximate surface area is 256 Å². The summed E-state index contributed by atoms with van der Waals surface area (Å²) < 4.78 is 8.17. The van der Waals surface area contributed by atoms with E-state index in [1.807, 2.05) is 36.6 Å². The minimum atomic E-state index is -2.64. The fourth-order valence-electron chi connectivity index (χ4n) is 5.67. The van der Waals surface area contributed by atoms with Crippen LogP contribution >= 0.6 is 27.3 Å². The lowest BCUT2D eigenvalue weighted by atomic mass is 9.81. The van der Waals surface area contributed by atoms with Gasteiger partial charge in [-0.2, -0.15) is 0 Å². The maximum atomic E-state index is 13.2. The summed E-state index contributed by atoms with van der Waals surface area (Å²) in [5.74, 6) is 2.78. The molecular weight excluding hydrogens is 608 g/mol. The van der Waals surface area contributed by atoms with Gasteiger partial charge in [0, 0.05) is 21.9 Å². The fraction of sp³-hybridized carbons (Fsp3) is 0.294. The Balaban J connectivity index is 1.30. The maximum absolute atomic E-state index is 13.2. The largest absolute Gasteiger partial charge is 0.404 e. The van der Waals surface area contributed by atoms with E-state index >= 15 is 0 Å². The topological polar surface area (TPSA) is 51.2 Å². The van der Waals surface area contributed by atoms with Crippen molar-refractivity contribution < 1.29 is 9.22 Å². The highest BCUT2D eigenvalue weighted by Crippen LogP contribution is 2.42. The van der Waals surface area contributed by atoms with Crippen molar-refractivity contribution in [1.82, 2.24) is 4.98 Å². The molecule has 1 N–H and O–H groups in total. The van der Waals surface area contributed by atoms with E-state index in [0.29, 0.717) is 18.0 Å². The number of hydrogen-bond donors (Lipinski definition) is 1. The van der Waals surface area contributed by atoms with E-state index in [0.717, 1.165) is 15.7 Å². The first-order valence-corrected chi connectivity index (χ1v) is 17.4. The molecule has 0 bridgehead atoms. The van der Waals surface area contributed by atoms with Crippen molar-refractivity contribution in [2.75, 3.05) is 5.32 Å². The number of carbonyl (C=O) groups is 1. The summed E-state index contributed by atoms with van der Waals surface area (Å²) in [5, 5.41) is 7.96. The lowest BCUT2D eigenvalue weighted by Crippen LogP contribution is -2.68. The first kappa shape index (κ1) is 29.5. The second-order valence-electron chi connectivity index (χ2n) is 11.9. The number of nitrogens with zero attached hydrogens (tertiary/aromatic N) is 1. The number of nitrogens with one attached hydrogen (secondary N) is 1. The Morgan fingerprint density at radius 2 is 1.54 bits per heavy atom. The Morgan fingerprint density at radius 3 is 2.05 bits per heavy atom. The molecule has 1 amide bonds. The molecule has 5 rings (SSSR count). The predicted molar refractivity (Wildman–Crippen MR) is 175 cm³/mol. The van der Waals surface area contributed by atoms with Crippen molar-refractivity contribution in [2.45, 2.75) is 57.1 Å². The first-order chi connectivity index (χ1) is 19.6. The van der Waals surface area contributed by atoms with Crippen LogP contribution in [-0.4, -0.2) is 25.3 Å². The molecule has 210 valence electrons. The molecule has 41 heavy (non-hydrogen) atoms. The minimum Gasteiger partial charge on any atom is -0.404 e. The number of terminal acetylenes is 1. The van der Waals surface area contributed by atoms with Crippen LogP contribution in [0.5, 0.6) is 0 Å². The van der Waals surface area contributed by atoms with Crippen LogP contribution in [0.2, 0.25) is 5.04 Å². The van der Waals surface area contributed by atoms with Crippen molar-refractivity contribution in [3.63, 3.8) is 0 Å². The molecule has 0 spiro atoms. The smallest absolute Gasteiger partial charge is 0.261 e. The second kappa shape index (κ2) is 11.7. The van der Waals surface area contributed by atoms with Crippen molar-refractivity contribution in [3.8, 4) is 12.3 Å². The summed E-state index contributed by atoms with van der Waals surface area (Å²) in [4.78, 5) is 18.0. The summed E-state index contributed by atoms with van der Waals surface area (Å²) >= 11 is 4.89. The second-order valence-corrected chi connectivity index (χ2v) is 17.9. The molecule has 0 aliphatic heterocycles. The van der Waals surface area contributed by atoms with E-state index < -0.39 is 13.7 Å². The predicted octanol–water partition coefficient (Wildman–Crippen LogP) is 7.14. The maximum Gasteiger partial charge on any atom is 0.261 e. The fourth-order valence-corrected chi connectivity index (χ4v) is 11.5. The molecule has 1 heterocycles. The molecule has 1 saturated carbocycles. The molecule has 0 radical (unpaired) electrons. The lowest BCUT2D eigenvalue weighted by molar-refractivity contribution is -0.125. The highest BCUT2D eigenvalue weighted by Gasteiger charge is 2.53. The van der Waals surface area contributed by atoms with Crippen molar-refractivity contribution in [1.29, 1.82) is 0 Å². The first-order valence-electron chi connectivity index (χ1n) is 13.9. The Bertz CT molecular complexity index is 1500. The van der Waals surface area contributed by atoms with Crippen molar-refractivity contribution in [2.24, 2.45) is 5.92 Å². The number of hydrogen-bond acceptors (Lipinski definition) is 4. The number of rotatable bonds is 8. The molecule has 0 saturated heterocycles. The van der Waals surface area contributed by atoms with Crippen molar-refractivity contribution >= 4 is 57.0 Å². The summed E-state index contributed by atoms with van der Waals surface area (Å²) in [6, 6.07) is 29.2. The van der Waals surface area contributed by atoms with Gasteiger partial charge in [0.25, 0.3) is 8.32 Å². The van der Waals surface area contributed by atoms with Crippen LogP contribution in [0.25, 0.3) is 0 Å². The Morgan fingerprint density at radius 1 is 0.976 bits per heavy atom. The van der Waals surface area contributed by atoms with Gasteiger partial charge >= 0.3 is 0 Å². The van der Waals surface area contributed by atoms with Crippen LogP contribution in [-0.2, 0) is 14.6 Å². The Kier molecular flexibility index (Phi) is 8.40. The number of anilines is 1. The van der Waals surface area contributed by atoms with Gasteiger partial charge in [-0.3, -0.25) is 4.79 Å². The summed E-state index contributed by atoms with van der Waals surface area (Å²) in [5.41, 5.74) is 1.04. The van der Waals surface area contributed by atoms with E-state index in [1.54, 1.807) is 0 Å². The average molecular weight is 644 g/mol. The van der Waals surface area contributed by atoms with Gasteiger partial charge in [0.2, 0.25) is 5.91 Å². The van der Waals surface area contributed by atoms with Gasteiger partial charge in [-0.1, -0.05) is 115 Å². The summed E-state index contributed by atoms with van der Waals surface area (Å²) in [7, 11) is -2.64. The number of amides is 1. The number of thiazole rings is 1. The van der Waals surface area contributed by atoms with Gasteiger partial charge in [-0.15, -0.1) is 17.8 Å². The normalized spacial score (nSPS) is 18.5. The van der Waals surface area contributed by atoms with Crippen LogP contribution in [0.15, 0.2) is 94.8 Å². The van der Waals surface area contributed by atoms with Gasteiger partial charge in [0.15, 0.2) is 5.13 Å². The summed E-state index contributed by atoms with van der Waals surface area (Å²) in [6.07, 6.45) is 7.38. The number of carbonyl (C=O) groups excluding carboxylic acids is 1. The average Bonchev–Trinajstić information content (AvgIpc) is 3.41. The molecule has 1 atom stereocenters. The van der Waals surface area contributed by atoms with E-state index in [-0.39, 0.29) is 23.0 Å². The van der Waals surface area contributed by atoms with Gasteiger partial charge in [-0.25, -0.2) is 4.98 Å². The lowest BCUT2D eigenvalue weighted by Gasteiger charge is -2.48. The standard InChI is InChI=1S/C34H35BrN2O2SSi/c1-6-34(5,25-17-19-26(35)20-18-25)30-23-40-32(36-30)37-31(38)24-21-27(22-24)39-41(33(2,3)4,28-13-9-7-10-14-28)29-15-11-8-12-16-29/h1,7-20,23-24,27H,21-22H2,2-5H3,(H,36,37,38). The molecular formula is C34H35BrN2O2SSi. The number of halogens is 1. The Hall–Kier alpha value is -3.02. The van der Waals surface area contributed by atoms with Crippen LogP contribution in [0.3, 0.4) is 0 Å². The van der Waals surface area contributed by atoms with E-state index in [2.05, 4.69) is 109 Å². The van der Waals surface area contributed by atoms with E-state index in [9.17, 15) is 4.79 Å². The SMILES string of the molecule is C#CC(C)(c1ccc(Br)cc1)c1csc(NC(=O)C2CC(O[Si](c3ccccc3)(c3ccccc3)C(C)(C)C)C2)n1. The zero-order chi connectivity index (χ0) is 29.3. The highest BCUT2D eigenvalue weighted by atomic mass is 79.9. The van der Waals surface area contributed by atoms with E-state index in [1.165, 1.54) is 21.7 Å². The molecule has 1 aromatic heterocycles. The zero-order valence-electron chi connectivity index (χ0n) is 23.9. The minimum absolute atomic E-state index is 0.0146. The van der Waals surface area contributed by atoms with Gasteiger partial charge in [0.05, 0.1) is 11.1 Å². The summed E-state index contributed by atoms with van der Waals surface area (Å²) in [6.45, 7) is 8.82. The molecule has 3 aromatic carbocycles. The third-order valence-corrected chi connectivity index (χ3v) is 14.6. The highest BCUT2D eigenvalue weighted by molar-refractivity contribution is 9.10. The third-order valence-electron chi connectivity index (χ3n) is 8.18. The van der Waals surface area contributed by atoms with Gasteiger partial charge < -0.3 is 9.74 Å². The van der Waals surface area contributed by atoms with Gasteiger partial charge in [-0.05, 0) is 52.9 Å². The molecule has 1 fully saturated rings. The third kappa shape index (κ3) is 5.71. The zero-order valence-corrected chi connectivity index (χ0v) is 27.3. The van der Waals surface area contributed by atoms with Crippen LogP contribution in [0.1, 0.15) is 51.8 Å². The van der Waals surface area contributed by atoms with Crippen LogP contribution < -0.4 is 15.7 Å². The molecule has 1 unspecified atom stereocenters. The van der Waals surface area contributed by atoms with Crippen molar-refractivity contribution in [3.05, 3.63) is 106 Å². The van der Waals surface area contributed by atoms with Crippen LogP contribution in [0, 0.1) is 18.3 Å². The monoisotopic (exact) mass is 642 g/mol. The molecule has 7 heteroatoms. The molecule has 1 aliphatic carbocycles. The molecule has 1 aliphatic rings. The van der Waals surface area contributed by atoms with Gasteiger partial charge in [0.1, 0.15) is 0 Å². The number of aromatic nitrogens is 1. The van der Waals surface area contributed by atoms with Crippen LogP contribution in [0.4, 0.5) is 5.13 Å². The molecule has 4 aromatic rings. The van der Waals surface area contributed by atoms with E-state index in [4.69, 9.17) is 15.8 Å².